The van der Waals surface area contributed by atoms with E-state index in [0.717, 1.165) is 12.8 Å². The van der Waals surface area contributed by atoms with Crippen molar-refractivity contribution in [2.75, 3.05) is 6.61 Å². The quantitative estimate of drug-likeness (QED) is 0.841. The summed E-state index contributed by atoms with van der Waals surface area (Å²) in [5.41, 5.74) is 0. The largest absolute Gasteiger partial charge is 0.492 e. The van der Waals surface area contributed by atoms with Crippen molar-refractivity contribution in [3.05, 3.63) is 23.2 Å². The summed E-state index contributed by atoms with van der Waals surface area (Å²) in [4.78, 5) is 0.170. The highest BCUT2D eigenvalue weighted by atomic mass is 35.5. The molecule has 1 aromatic rings. The number of halogens is 1. The maximum Gasteiger partial charge on any atom is 0.240 e. The lowest BCUT2D eigenvalue weighted by atomic mass is 10.3. The van der Waals surface area contributed by atoms with E-state index < -0.39 is 10.0 Å². The molecular weight excluding hydrogens is 286 g/mol. The molecule has 0 unspecified atom stereocenters. The molecular formula is C13H20ClNO3S. The smallest absolute Gasteiger partial charge is 0.240 e. The summed E-state index contributed by atoms with van der Waals surface area (Å²) in [7, 11) is -3.52. The lowest BCUT2D eigenvalue weighted by Gasteiger charge is -2.13. The molecule has 0 saturated heterocycles. The number of benzene rings is 1. The fourth-order valence-corrected chi connectivity index (χ4v) is 2.90. The second-order valence-corrected chi connectivity index (χ2v) is 6.49. The van der Waals surface area contributed by atoms with Crippen molar-refractivity contribution in [2.24, 2.45) is 0 Å². The summed E-state index contributed by atoms with van der Waals surface area (Å²) in [6, 6.07) is 4.37. The average Bonchev–Trinajstić information content (AvgIpc) is 2.36. The first kappa shape index (κ1) is 16.3. The van der Waals surface area contributed by atoms with Crippen LogP contribution in [0, 0.1) is 0 Å². The molecule has 1 N–H and O–H groups in total. The second-order valence-electron chi connectivity index (χ2n) is 4.37. The van der Waals surface area contributed by atoms with Crippen LogP contribution in [-0.2, 0) is 10.0 Å². The van der Waals surface area contributed by atoms with Gasteiger partial charge >= 0.3 is 0 Å². The van der Waals surface area contributed by atoms with Crippen LogP contribution >= 0.6 is 11.6 Å². The highest BCUT2D eigenvalue weighted by Gasteiger charge is 2.18. The maximum absolute atomic E-state index is 12.1. The summed E-state index contributed by atoms with van der Waals surface area (Å²) >= 11 is 5.97. The Kier molecular flexibility index (Phi) is 6.10. The Morgan fingerprint density at radius 3 is 2.63 bits per heavy atom. The zero-order valence-electron chi connectivity index (χ0n) is 11.4. The van der Waals surface area contributed by atoms with Crippen molar-refractivity contribution >= 4 is 21.6 Å². The Bertz CT molecular complexity index is 517. The molecule has 1 rings (SSSR count). The predicted octanol–water partition coefficient (Wildman–Crippen LogP) is 3.21. The normalized spacial score (nSPS) is 13.3. The molecule has 0 amide bonds. The Hall–Kier alpha value is -0.780. The van der Waals surface area contributed by atoms with Crippen LogP contribution in [0.15, 0.2) is 23.1 Å². The van der Waals surface area contributed by atoms with Gasteiger partial charge in [0.25, 0.3) is 0 Å². The molecule has 0 aliphatic carbocycles. The van der Waals surface area contributed by atoms with E-state index in [4.69, 9.17) is 16.3 Å². The van der Waals surface area contributed by atoms with Crippen LogP contribution < -0.4 is 9.46 Å². The predicted molar refractivity (Wildman–Crippen MR) is 77.3 cm³/mol. The van der Waals surface area contributed by atoms with Gasteiger partial charge in [-0.05, 0) is 31.9 Å². The van der Waals surface area contributed by atoms with Gasteiger partial charge in [0.2, 0.25) is 10.0 Å². The fraction of sp³-hybridized carbons (Fsp3) is 0.538. The lowest BCUT2D eigenvalue weighted by Crippen LogP contribution is -2.32. The summed E-state index contributed by atoms with van der Waals surface area (Å²) < 4.78 is 32.3. The Labute approximate surface area is 120 Å². The molecule has 0 heterocycles. The molecule has 0 radical (unpaired) electrons. The van der Waals surface area contributed by atoms with Crippen LogP contribution in [0.2, 0.25) is 5.02 Å². The van der Waals surface area contributed by atoms with Gasteiger partial charge in [0.15, 0.2) is 0 Å². The van der Waals surface area contributed by atoms with Gasteiger partial charge in [-0.15, -0.1) is 0 Å². The third-order valence-electron chi connectivity index (χ3n) is 2.64. The Balaban J connectivity index is 3.00. The first-order valence-corrected chi connectivity index (χ1v) is 8.21. The minimum Gasteiger partial charge on any atom is -0.492 e. The van der Waals surface area contributed by atoms with Crippen molar-refractivity contribution < 1.29 is 13.2 Å². The monoisotopic (exact) mass is 305 g/mol. The first-order chi connectivity index (χ1) is 8.90. The van der Waals surface area contributed by atoms with Gasteiger partial charge in [-0.25, -0.2) is 13.1 Å². The van der Waals surface area contributed by atoms with E-state index in [1.54, 1.807) is 0 Å². The number of hydrogen-bond donors (Lipinski definition) is 1. The summed E-state index contributed by atoms with van der Waals surface area (Å²) in [5, 5.41) is 0.413. The van der Waals surface area contributed by atoms with Crippen molar-refractivity contribution in [1.82, 2.24) is 4.72 Å². The zero-order chi connectivity index (χ0) is 14.5. The van der Waals surface area contributed by atoms with Crippen LogP contribution in [0.4, 0.5) is 0 Å². The number of rotatable bonds is 7. The minimum absolute atomic E-state index is 0.110. The van der Waals surface area contributed by atoms with Gasteiger partial charge < -0.3 is 4.74 Å². The van der Waals surface area contributed by atoms with Crippen LogP contribution in [0.1, 0.15) is 33.6 Å². The number of sulfonamides is 1. The highest BCUT2D eigenvalue weighted by molar-refractivity contribution is 7.89. The van der Waals surface area contributed by atoms with Crippen molar-refractivity contribution in [3.63, 3.8) is 0 Å². The number of hydrogen-bond acceptors (Lipinski definition) is 3. The van der Waals surface area contributed by atoms with E-state index in [1.807, 2.05) is 20.8 Å². The minimum atomic E-state index is -3.52. The molecule has 4 nitrogen and oxygen atoms in total. The van der Waals surface area contributed by atoms with Crippen molar-refractivity contribution in [3.8, 4) is 5.75 Å². The Morgan fingerprint density at radius 1 is 1.37 bits per heavy atom. The topological polar surface area (TPSA) is 55.4 Å². The van der Waals surface area contributed by atoms with Crippen LogP contribution in [0.25, 0.3) is 0 Å². The SMILES string of the molecule is CCCOc1cc(S(=O)(=O)N[C@@H](C)CC)ccc1Cl. The summed E-state index contributed by atoms with van der Waals surface area (Å²) in [6.07, 6.45) is 1.56. The van der Waals surface area contributed by atoms with Gasteiger partial charge in [-0.1, -0.05) is 25.4 Å². The van der Waals surface area contributed by atoms with Crippen LogP contribution in [0.3, 0.4) is 0 Å². The van der Waals surface area contributed by atoms with Crippen molar-refractivity contribution in [1.29, 1.82) is 0 Å². The van der Waals surface area contributed by atoms with Crippen molar-refractivity contribution in [2.45, 2.75) is 44.6 Å². The molecule has 0 spiro atoms. The molecule has 108 valence electrons. The third-order valence-corrected chi connectivity index (χ3v) is 4.54. The van der Waals surface area contributed by atoms with E-state index in [2.05, 4.69) is 4.72 Å². The van der Waals surface area contributed by atoms with Gasteiger partial charge in [0.1, 0.15) is 5.75 Å². The molecule has 0 aliphatic heterocycles. The van der Waals surface area contributed by atoms with E-state index in [9.17, 15) is 8.42 Å². The number of nitrogens with one attached hydrogen (secondary N) is 1. The standard InChI is InChI=1S/C13H20ClNO3S/c1-4-8-18-13-9-11(6-7-12(13)14)19(16,17)15-10(3)5-2/h6-7,9-10,15H,4-5,8H2,1-3H3/t10-/m0/s1. The highest BCUT2D eigenvalue weighted by Crippen LogP contribution is 2.27. The molecule has 1 atom stereocenters. The Morgan fingerprint density at radius 2 is 2.05 bits per heavy atom. The van der Waals surface area contributed by atoms with Crippen LogP contribution in [0.5, 0.6) is 5.75 Å². The van der Waals surface area contributed by atoms with Gasteiger partial charge in [-0.2, -0.15) is 0 Å². The second kappa shape index (κ2) is 7.12. The number of ether oxygens (including phenoxy) is 1. The fourth-order valence-electron chi connectivity index (χ4n) is 1.39. The average molecular weight is 306 g/mol. The van der Waals surface area contributed by atoms with Gasteiger partial charge in [0.05, 0.1) is 16.5 Å². The molecule has 0 aromatic heterocycles. The molecule has 1 aromatic carbocycles. The van der Waals surface area contributed by atoms with Gasteiger partial charge in [0, 0.05) is 12.1 Å². The molecule has 0 bridgehead atoms. The molecule has 0 fully saturated rings. The first-order valence-electron chi connectivity index (χ1n) is 6.35. The van der Waals surface area contributed by atoms with Gasteiger partial charge in [-0.3, -0.25) is 0 Å². The zero-order valence-corrected chi connectivity index (χ0v) is 13.0. The van der Waals surface area contributed by atoms with E-state index >= 15 is 0 Å². The lowest BCUT2D eigenvalue weighted by molar-refractivity contribution is 0.317. The summed E-state index contributed by atoms with van der Waals surface area (Å²) in [6.45, 7) is 6.22. The molecule has 0 saturated carbocycles. The van der Waals surface area contributed by atoms with E-state index in [-0.39, 0.29) is 10.9 Å². The third kappa shape index (κ3) is 4.67. The molecule has 0 aliphatic rings. The molecule has 6 heteroatoms. The van der Waals surface area contributed by atoms with E-state index in [1.165, 1.54) is 18.2 Å². The van der Waals surface area contributed by atoms with E-state index in [0.29, 0.717) is 17.4 Å². The molecule has 19 heavy (non-hydrogen) atoms. The summed E-state index contributed by atoms with van der Waals surface area (Å²) in [5.74, 6) is 0.399. The maximum atomic E-state index is 12.1. The van der Waals surface area contributed by atoms with Crippen LogP contribution in [-0.4, -0.2) is 21.1 Å².